The van der Waals surface area contributed by atoms with Gasteiger partial charge in [0.1, 0.15) is 5.82 Å². The van der Waals surface area contributed by atoms with Crippen LogP contribution in [0, 0.1) is 0 Å². The van der Waals surface area contributed by atoms with Crippen molar-refractivity contribution in [2.24, 2.45) is 0 Å². The van der Waals surface area contributed by atoms with Crippen LogP contribution < -0.4 is 16.4 Å². The Morgan fingerprint density at radius 2 is 1.93 bits per heavy atom. The zero-order chi connectivity index (χ0) is 20.0. The number of carbonyl (C=O) groups is 1. The Hall–Kier alpha value is -3.61. The highest BCUT2D eigenvalue weighted by Gasteiger charge is 2.22. The van der Waals surface area contributed by atoms with Crippen LogP contribution in [-0.2, 0) is 6.54 Å². The summed E-state index contributed by atoms with van der Waals surface area (Å²) in [6.45, 7) is 0.700. The van der Waals surface area contributed by atoms with Gasteiger partial charge in [-0.15, -0.1) is 0 Å². The number of rotatable bonds is 5. The van der Waals surface area contributed by atoms with E-state index in [1.165, 1.54) is 0 Å². The van der Waals surface area contributed by atoms with Gasteiger partial charge in [0.2, 0.25) is 5.95 Å². The molecule has 0 bridgehead atoms. The Morgan fingerprint density at radius 1 is 1.14 bits per heavy atom. The van der Waals surface area contributed by atoms with Gasteiger partial charge in [-0.3, -0.25) is 4.79 Å². The highest BCUT2D eigenvalue weighted by atomic mass is 16.1. The Bertz CT molecular complexity index is 1220. The maximum Gasteiger partial charge on any atom is 0.251 e. The summed E-state index contributed by atoms with van der Waals surface area (Å²) >= 11 is 0. The van der Waals surface area contributed by atoms with Crippen molar-refractivity contribution in [3.05, 3.63) is 59.8 Å². The molecule has 0 radical (unpaired) electrons. The van der Waals surface area contributed by atoms with Crippen LogP contribution in [0.2, 0.25) is 0 Å². The molecule has 2 heterocycles. The van der Waals surface area contributed by atoms with E-state index in [4.69, 9.17) is 5.73 Å². The molecule has 0 unspecified atom stereocenters. The minimum Gasteiger partial charge on any atom is -0.383 e. The van der Waals surface area contributed by atoms with E-state index in [1.807, 2.05) is 36.5 Å². The van der Waals surface area contributed by atoms with E-state index in [1.54, 1.807) is 7.05 Å². The smallest absolute Gasteiger partial charge is 0.251 e. The second-order valence-electron chi connectivity index (χ2n) is 7.46. The number of nitrogen functional groups attached to an aromatic ring is 1. The van der Waals surface area contributed by atoms with E-state index >= 15 is 0 Å². The molecule has 0 atom stereocenters. The van der Waals surface area contributed by atoms with Gasteiger partial charge in [-0.05, 0) is 48.7 Å². The van der Waals surface area contributed by atoms with Crippen molar-refractivity contribution < 1.29 is 4.79 Å². The molecule has 4 aromatic rings. The van der Waals surface area contributed by atoms with Crippen LogP contribution in [0.5, 0.6) is 0 Å². The number of carbonyl (C=O) groups excluding carboxylic acids is 1. The summed E-state index contributed by atoms with van der Waals surface area (Å²) in [6.07, 6.45) is 4.37. The van der Waals surface area contributed by atoms with Gasteiger partial charge >= 0.3 is 0 Å². The fourth-order valence-electron chi connectivity index (χ4n) is 3.65. The van der Waals surface area contributed by atoms with Crippen molar-refractivity contribution >= 4 is 39.5 Å². The van der Waals surface area contributed by atoms with Crippen LogP contribution in [0.4, 0.5) is 11.8 Å². The molecule has 1 saturated carbocycles. The van der Waals surface area contributed by atoms with Crippen LogP contribution in [0.25, 0.3) is 21.8 Å². The number of nitrogens with two attached hydrogens (primary N) is 1. The average Bonchev–Trinajstić information content (AvgIpc) is 3.45. The van der Waals surface area contributed by atoms with Gasteiger partial charge in [-0.1, -0.05) is 12.1 Å². The molecular formula is C22H22N6O. The van der Waals surface area contributed by atoms with Crippen LogP contribution in [-0.4, -0.2) is 33.5 Å². The van der Waals surface area contributed by atoms with Crippen LogP contribution in [0.1, 0.15) is 28.8 Å². The van der Waals surface area contributed by atoms with E-state index in [0.717, 1.165) is 40.2 Å². The number of aromatic nitrogens is 3. The molecule has 7 nitrogen and oxygen atoms in total. The molecule has 1 fully saturated rings. The number of benzene rings is 2. The first-order valence-corrected chi connectivity index (χ1v) is 9.75. The summed E-state index contributed by atoms with van der Waals surface area (Å²) < 4.78 is 2.17. The predicted octanol–water partition coefficient (Wildman–Crippen LogP) is 3.15. The quantitative estimate of drug-likeness (QED) is 0.489. The van der Waals surface area contributed by atoms with E-state index < -0.39 is 0 Å². The fourth-order valence-corrected chi connectivity index (χ4v) is 3.65. The maximum absolute atomic E-state index is 11.7. The number of fused-ring (bicyclic) bond motifs is 3. The van der Waals surface area contributed by atoms with E-state index in [9.17, 15) is 4.79 Å². The number of hydrogen-bond donors (Lipinski definition) is 3. The Balaban J connectivity index is 1.49. The SMILES string of the molecule is CNC(=O)c1ccc(Cn2ccc3c4c(N)nc(NC5CC5)nc4ccc32)cc1. The number of anilines is 2. The standard InChI is InChI=1S/C22H22N6O/c1-24-21(29)14-4-2-13(3-5-14)12-28-11-10-16-18(28)9-8-17-19(16)20(23)27-22(26-17)25-15-6-7-15/h2-5,8-11,15H,6-7,12H2,1H3,(H,24,29)(H3,23,25,26,27). The van der Waals surface area contributed by atoms with Crippen molar-refractivity contribution in [2.45, 2.75) is 25.4 Å². The van der Waals surface area contributed by atoms with Crippen LogP contribution in [0.15, 0.2) is 48.7 Å². The third-order valence-corrected chi connectivity index (χ3v) is 5.35. The average molecular weight is 386 g/mol. The molecule has 0 aliphatic heterocycles. The monoisotopic (exact) mass is 386 g/mol. The first-order chi connectivity index (χ1) is 14.1. The normalized spacial score (nSPS) is 13.7. The van der Waals surface area contributed by atoms with Gasteiger partial charge in [0.15, 0.2) is 0 Å². The van der Waals surface area contributed by atoms with Crippen molar-refractivity contribution in [3.8, 4) is 0 Å². The van der Waals surface area contributed by atoms with Crippen molar-refractivity contribution in [1.29, 1.82) is 0 Å². The molecular weight excluding hydrogens is 364 g/mol. The topological polar surface area (TPSA) is 97.9 Å². The molecule has 4 N–H and O–H groups in total. The van der Waals surface area contributed by atoms with Gasteiger partial charge in [0.05, 0.1) is 10.9 Å². The largest absolute Gasteiger partial charge is 0.383 e. The summed E-state index contributed by atoms with van der Waals surface area (Å²) in [5.41, 5.74) is 9.99. The van der Waals surface area contributed by atoms with Crippen molar-refractivity contribution in [3.63, 3.8) is 0 Å². The summed E-state index contributed by atoms with van der Waals surface area (Å²) in [7, 11) is 1.63. The zero-order valence-corrected chi connectivity index (χ0v) is 16.1. The summed E-state index contributed by atoms with van der Waals surface area (Å²) in [5.74, 6) is 1.02. The number of nitrogens with one attached hydrogen (secondary N) is 2. The second kappa shape index (κ2) is 6.77. The molecule has 29 heavy (non-hydrogen) atoms. The molecule has 2 aromatic carbocycles. The molecule has 7 heteroatoms. The van der Waals surface area contributed by atoms with Crippen LogP contribution in [0.3, 0.4) is 0 Å². The van der Waals surface area contributed by atoms with E-state index in [0.29, 0.717) is 29.9 Å². The van der Waals surface area contributed by atoms with E-state index in [2.05, 4.69) is 37.3 Å². The van der Waals surface area contributed by atoms with Gasteiger partial charge in [0.25, 0.3) is 5.91 Å². The Kier molecular flexibility index (Phi) is 4.08. The van der Waals surface area contributed by atoms with Gasteiger partial charge in [-0.2, -0.15) is 4.98 Å². The summed E-state index contributed by atoms with van der Waals surface area (Å²) in [4.78, 5) is 20.8. The summed E-state index contributed by atoms with van der Waals surface area (Å²) in [6, 6.07) is 14.2. The number of amides is 1. The Morgan fingerprint density at radius 3 is 2.66 bits per heavy atom. The van der Waals surface area contributed by atoms with Crippen LogP contribution >= 0.6 is 0 Å². The third kappa shape index (κ3) is 3.24. The van der Waals surface area contributed by atoms with Crippen molar-refractivity contribution in [2.75, 3.05) is 18.1 Å². The lowest BCUT2D eigenvalue weighted by atomic mass is 10.1. The van der Waals surface area contributed by atoms with E-state index in [-0.39, 0.29) is 5.91 Å². The summed E-state index contributed by atoms with van der Waals surface area (Å²) in [5, 5.41) is 7.88. The van der Waals surface area contributed by atoms with Gasteiger partial charge < -0.3 is 20.9 Å². The molecule has 1 aliphatic carbocycles. The molecule has 146 valence electrons. The predicted molar refractivity (Wildman–Crippen MR) is 115 cm³/mol. The first kappa shape index (κ1) is 17.5. The lowest BCUT2D eigenvalue weighted by Gasteiger charge is -2.10. The highest BCUT2D eigenvalue weighted by molar-refractivity contribution is 6.10. The molecule has 0 saturated heterocycles. The Labute approximate surface area is 167 Å². The minimum atomic E-state index is -0.0829. The first-order valence-electron chi connectivity index (χ1n) is 9.75. The highest BCUT2D eigenvalue weighted by Crippen LogP contribution is 2.31. The lowest BCUT2D eigenvalue weighted by molar-refractivity contribution is 0.0963. The fraction of sp³-hybridized carbons (Fsp3) is 0.227. The zero-order valence-electron chi connectivity index (χ0n) is 16.1. The molecule has 0 spiro atoms. The maximum atomic E-state index is 11.7. The van der Waals surface area contributed by atoms with Gasteiger partial charge in [0, 0.05) is 42.3 Å². The minimum absolute atomic E-state index is 0.0829. The molecule has 1 aliphatic rings. The number of hydrogen-bond acceptors (Lipinski definition) is 5. The lowest BCUT2D eigenvalue weighted by Crippen LogP contribution is -2.17. The molecule has 5 rings (SSSR count). The molecule has 2 aromatic heterocycles. The van der Waals surface area contributed by atoms with Crippen molar-refractivity contribution in [1.82, 2.24) is 19.9 Å². The molecule has 1 amide bonds. The third-order valence-electron chi connectivity index (χ3n) is 5.35. The number of nitrogens with zero attached hydrogens (tertiary/aromatic N) is 3. The second-order valence-corrected chi connectivity index (χ2v) is 7.46. The van der Waals surface area contributed by atoms with Gasteiger partial charge in [-0.25, -0.2) is 4.98 Å².